The van der Waals surface area contributed by atoms with Crippen LogP contribution in [0.15, 0.2) is 24.3 Å². The minimum atomic E-state index is -1.20. The average molecular weight is 529 g/mol. The molecule has 0 heterocycles. The summed E-state index contributed by atoms with van der Waals surface area (Å²) in [7, 11) is 2.23. The van der Waals surface area contributed by atoms with Crippen molar-refractivity contribution in [1.82, 2.24) is 10.6 Å². The quantitative estimate of drug-likeness (QED) is 0.180. The molecule has 2 unspecified atom stereocenters. The Bertz CT molecular complexity index is 870. The molecule has 11 heteroatoms. The number of hydrogen-bond donors (Lipinski definition) is 5. The van der Waals surface area contributed by atoms with E-state index in [-0.39, 0.29) is 40.9 Å². The van der Waals surface area contributed by atoms with Gasteiger partial charge in [-0.1, -0.05) is 68.3 Å². The van der Waals surface area contributed by atoms with Crippen LogP contribution in [0.25, 0.3) is 0 Å². The molecule has 2 amide bonds. The molecule has 0 saturated carbocycles. The summed E-state index contributed by atoms with van der Waals surface area (Å²) in [4.78, 5) is 48.3. The van der Waals surface area contributed by atoms with Crippen molar-refractivity contribution < 1.29 is 34.5 Å². The van der Waals surface area contributed by atoms with Crippen molar-refractivity contribution in [3.8, 4) is 5.75 Å². The lowest BCUT2D eigenvalue weighted by Gasteiger charge is -2.22. The van der Waals surface area contributed by atoms with Crippen molar-refractivity contribution in [1.29, 1.82) is 0 Å². The van der Waals surface area contributed by atoms with Crippen LogP contribution in [0.2, 0.25) is 0 Å². The summed E-state index contributed by atoms with van der Waals surface area (Å²) in [5.74, 6) is -3.45. The number of amides is 2. The lowest BCUT2D eigenvalue weighted by molar-refractivity contribution is -0.141. The van der Waals surface area contributed by atoms with E-state index in [4.69, 9.17) is 0 Å². The number of nitrogens with one attached hydrogen (secondary N) is 2. The van der Waals surface area contributed by atoms with Gasteiger partial charge in [-0.05, 0) is 35.4 Å². The number of benzene rings is 1. The summed E-state index contributed by atoms with van der Waals surface area (Å²) in [5.41, 5.74) is 0.394. The average Bonchev–Trinajstić information content (AvgIpc) is 2.72. The molecule has 0 saturated heterocycles. The SMILES string of the molecule is CC(C)C[C@@H](C(=O)NC(CSSCC(NC(=O)CC(C)(C)C)C(=O)O)C(=O)O)c1ccc(O)cc1. The van der Waals surface area contributed by atoms with Crippen molar-refractivity contribution in [2.24, 2.45) is 11.3 Å². The number of hydrogen-bond acceptors (Lipinski definition) is 7. The predicted octanol–water partition coefficient (Wildman–Crippen LogP) is 3.48. The summed E-state index contributed by atoms with van der Waals surface area (Å²) in [6.45, 7) is 9.55. The van der Waals surface area contributed by atoms with Gasteiger partial charge >= 0.3 is 11.9 Å². The summed E-state index contributed by atoms with van der Waals surface area (Å²) >= 11 is 0. The third-order valence-corrected chi connectivity index (χ3v) is 7.23. The normalized spacial score (nSPS) is 14.1. The monoisotopic (exact) mass is 528 g/mol. The minimum Gasteiger partial charge on any atom is -0.508 e. The van der Waals surface area contributed by atoms with E-state index in [0.717, 1.165) is 21.6 Å². The van der Waals surface area contributed by atoms with Gasteiger partial charge < -0.3 is 26.0 Å². The first-order valence-electron chi connectivity index (χ1n) is 11.3. The van der Waals surface area contributed by atoms with Gasteiger partial charge in [0.05, 0.1) is 5.92 Å². The zero-order chi connectivity index (χ0) is 26.8. The minimum absolute atomic E-state index is 0.0119. The Morgan fingerprint density at radius 2 is 1.37 bits per heavy atom. The van der Waals surface area contributed by atoms with Crippen molar-refractivity contribution in [3.63, 3.8) is 0 Å². The summed E-state index contributed by atoms with van der Waals surface area (Å²) in [6, 6.07) is 3.97. The number of phenols is 1. The molecule has 0 aromatic heterocycles. The van der Waals surface area contributed by atoms with Crippen LogP contribution in [0.1, 0.15) is 58.9 Å². The first kappa shape index (κ1) is 30.6. The summed E-state index contributed by atoms with van der Waals surface area (Å²) < 4.78 is 0. The maximum atomic E-state index is 13.0. The lowest BCUT2D eigenvalue weighted by atomic mass is 9.89. The third-order valence-electron chi connectivity index (χ3n) is 4.81. The number of rotatable bonds is 14. The molecule has 0 fully saturated rings. The fourth-order valence-corrected chi connectivity index (χ4v) is 5.46. The molecule has 9 nitrogen and oxygen atoms in total. The molecule has 0 aliphatic heterocycles. The zero-order valence-corrected chi connectivity index (χ0v) is 22.4. The van der Waals surface area contributed by atoms with Crippen molar-refractivity contribution >= 4 is 45.3 Å². The summed E-state index contributed by atoms with van der Waals surface area (Å²) in [6.07, 6.45) is 0.680. The second-order valence-corrected chi connectivity index (χ2v) is 12.5. The largest absolute Gasteiger partial charge is 0.508 e. The molecule has 1 aromatic carbocycles. The van der Waals surface area contributed by atoms with Crippen LogP contribution in [-0.4, -0.2) is 62.7 Å². The fourth-order valence-electron chi connectivity index (χ4n) is 3.15. The van der Waals surface area contributed by atoms with Crippen LogP contribution in [0, 0.1) is 11.3 Å². The van der Waals surface area contributed by atoms with E-state index in [0.29, 0.717) is 12.0 Å². The van der Waals surface area contributed by atoms with Gasteiger partial charge in [0.15, 0.2) is 0 Å². The van der Waals surface area contributed by atoms with Gasteiger partial charge in [0.25, 0.3) is 0 Å². The molecular weight excluding hydrogens is 492 g/mol. The van der Waals surface area contributed by atoms with Gasteiger partial charge in [0, 0.05) is 17.9 Å². The van der Waals surface area contributed by atoms with E-state index in [2.05, 4.69) is 10.6 Å². The van der Waals surface area contributed by atoms with Crippen LogP contribution < -0.4 is 10.6 Å². The van der Waals surface area contributed by atoms with E-state index in [1.54, 1.807) is 12.1 Å². The highest BCUT2D eigenvalue weighted by molar-refractivity contribution is 8.76. The second-order valence-electron chi connectivity index (χ2n) is 9.94. The molecule has 5 N–H and O–H groups in total. The lowest BCUT2D eigenvalue weighted by Crippen LogP contribution is -2.45. The van der Waals surface area contributed by atoms with Gasteiger partial charge in [-0.25, -0.2) is 9.59 Å². The van der Waals surface area contributed by atoms with Gasteiger partial charge in [0.2, 0.25) is 11.8 Å². The van der Waals surface area contributed by atoms with Crippen LogP contribution in [0.4, 0.5) is 0 Å². The van der Waals surface area contributed by atoms with E-state index in [1.807, 2.05) is 34.6 Å². The van der Waals surface area contributed by atoms with E-state index in [9.17, 15) is 34.5 Å². The van der Waals surface area contributed by atoms with E-state index >= 15 is 0 Å². The second kappa shape index (κ2) is 14.2. The number of aromatic hydroxyl groups is 1. The van der Waals surface area contributed by atoms with Crippen LogP contribution >= 0.6 is 21.6 Å². The number of carboxylic acids is 2. The maximum absolute atomic E-state index is 13.0. The highest BCUT2D eigenvalue weighted by Crippen LogP contribution is 2.27. The molecule has 1 rings (SSSR count). The Kier molecular flexibility index (Phi) is 12.5. The van der Waals surface area contributed by atoms with Gasteiger partial charge in [-0.15, -0.1) is 0 Å². The van der Waals surface area contributed by atoms with Crippen molar-refractivity contribution in [3.05, 3.63) is 29.8 Å². The Labute approximate surface area is 214 Å². The van der Waals surface area contributed by atoms with Crippen LogP contribution in [0.3, 0.4) is 0 Å². The highest BCUT2D eigenvalue weighted by Gasteiger charge is 2.28. The Morgan fingerprint density at radius 1 is 0.886 bits per heavy atom. The highest BCUT2D eigenvalue weighted by atomic mass is 33.1. The Balaban J connectivity index is 2.71. The molecule has 0 radical (unpaired) electrons. The number of carboxylic acid groups (broad SMARTS) is 2. The molecule has 35 heavy (non-hydrogen) atoms. The molecule has 0 spiro atoms. The number of phenolic OH excluding ortho intramolecular Hbond substituents is 1. The maximum Gasteiger partial charge on any atom is 0.327 e. The molecular formula is C24H36N2O7S2. The summed E-state index contributed by atoms with van der Waals surface area (Å²) in [5, 5.41) is 33.6. The Morgan fingerprint density at radius 3 is 1.80 bits per heavy atom. The predicted molar refractivity (Wildman–Crippen MR) is 138 cm³/mol. The van der Waals surface area contributed by atoms with Crippen LogP contribution in [-0.2, 0) is 19.2 Å². The van der Waals surface area contributed by atoms with Crippen molar-refractivity contribution in [2.45, 2.75) is 65.5 Å². The molecule has 196 valence electrons. The molecule has 0 aliphatic carbocycles. The van der Waals surface area contributed by atoms with Gasteiger partial charge in [-0.3, -0.25) is 9.59 Å². The topological polar surface area (TPSA) is 153 Å². The number of carbonyl (C=O) groups excluding carboxylic acids is 2. The van der Waals surface area contributed by atoms with Crippen LogP contribution in [0.5, 0.6) is 5.75 Å². The standard InChI is InChI=1S/C24H36N2O7S2/c1-14(2)10-17(15-6-8-16(27)9-7-15)21(29)26-19(23(32)33)13-35-34-12-18(22(30)31)25-20(28)11-24(3,4)5/h6-9,14,17-19,27H,10-13H2,1-5H3,(H,25,28)(H,26,29)(H,30,31)(H,32,33)/t17-,18?,19?/m1/s1. The molecule has 0 aliphatic rings. The number of carbonyl (C=O) groups is 4. The smallest absolute Gasteiger partial charge is 0.327 e. The molecule has 3 atom stereocenters. The molecule has 0 bridgehead atoms. The Hall–Kier alpha value is -2.40. The van der Waals surface area contributed by atoms with E-state index < -0.39 is 35.8 Å². The fraction of sp³-hybridized carbons (Fsp3) is 0.583. The first-order valence-corrected chi connectivity index (χ1v) is 13.8. The van der Waals surface area contributed by atoms with Gasteiger partial charge in [0.1, 0.15) is 17.8 Å². The third kappa shape index (κ3) is 12.2. The van der Waals surface area contributed by atoms with Gasteiger partial charge in [-0.2, -0.15) is 0 Å². The van der Waals surface area contributed by atoms with E-state index in [1.165, 1.54) is 12.1 Å². The molecule has 1 aromatic rings. The zero-order valence-electron chi connectivity index (χ0n) is 20.7. The number of aliphatic carboxylic acids is 2. The van der Waals surface area contributed by atoms with Crippen molar-refractivity contribution in [2.75, 3.05) is 11.5 Å². The first-order chi connectivity index (χ1) is 16.2.